The lowest BCUT2D eigenvalue weighted by molar-refractivity contribution is -0.0482. The van der Waals surface area contributed by atoms with Gasteiger partial charge in [0.15, 0.2) is 0 Å². The van der Waals surface area contributed by atoms with E-state index in [4.69, 9.17) is 16.3 Å². The lowest BCUT2D eigenvalue weighted by atomic mass is 9.96. The summed E-state index contributed by atoms with van der Waals surface area (Å²) in [7, 11) is 0. The summed E-state index contributed by atoms with van der Waals surface area (Å²) >= 11 is 6.33. The van der Waals surface area contributed by atoms with Crippen molar-refractivity contribution in [3.05, 3.63) is 107 Å². The van der Waals surface area contributed by atoms with Crippen LogP contribution in [0, 0.1) is 0 Å². The summed E-state index contributed by atoms with van der Waals surface area (Å²) < 4.78 is 6.84. The minimum Gasteiger partial charge on any atom is -0.365 e. The predicted molar refractivity (Wildman–Crippen MR) is 132 cm³/mol. The molecular weight excluding hydrogens is 414 g/mol. The van der Waals surface area contributed by atoms with E-state index in [2.05, 4.69) is 71.6 Å². The van der Waals surface area contributed by atoms with Gasteiger partial charge in [-0.15, -0.1) is 0 Å². The van der Waals surface area contributed by atoms with Crippen LogP contribution in [0.3, 0.4) is 0 Å². The molecule has 0 saturated carbocycles. The molecule has 0 aliphatic carbocycles. The summed E-state index contributed by atoms with van der Waals surface area (Å²) in [4.78, 5) is 2.78. The third kappa shape index (κ3) is 5.09. The first-order valence-electron chi connectivity index (χ1n) is 12.0. The minimum absolute atomic E-state index is 0.0658. The number of fused-ring (bicyclic) bond motifs is 2. The molecule has 0 aromatic heterocycles. The van der Waals surface area contributed by atoms with Gasteiger partial charge in [-0.25, -0.2) is 0 Å². The summed E-state index contributed by atoms with van der Waals surface area (Å²) in [6, 6.07) is 30.9. The van der Waals surface area contributed by atoms with E-state index < -0.39 is 0 Å². The Balaban J connectivity index is 1.24. The van der Waals surface area contributed by atoms with Gasteiger partial charge in [0.25, 0.3) is 0 Å². The Bertz CT molecular complexity index is 978. The van der Waals surface area contributed by atoms with Crippen molar-refractivity contribution in [1.82, 2.24) is 4.90 Å². The number of piperidine rings is 1. The average molecular weight is 446 g/mol. The molecule has 2 heterocycles. The van der Waals surface area contributed by atoms with E-state index >= 15 is 0 Å². The molecule has 0 radical (unpaired) electrons. The van der Waals surface area contributed by atoms with Crippen LogP contribution in [0.25, 0.3) is 0 Å². The molecule has 2 nitrogen and oxygen atoms in total. The molecule has 2 saturated heterocycles. The van der Waals surface area contributed by atoms with Gasteiger partial charge in [0, 0.05) is 17.1 Å². The number of ether oxygens (including phenoxy) is 1. The van der Waals surface area contributed by atoms with Crippen LogP contribution in [-0.4, -0.2) is 29.6 Å². The van der Waals surface area contributed by atoms with E-state index in [1.165, 1.54) is 43.4 Å². The fourth-order valence-corrected chi connectivity index (χ4v) is 5.85. The molecule has 5 rings (SSSR count). The highest BCUT2D eigenvalue weighted by molar-refractivity contribution is 6.30. The van der Waals surface area contributed by atoms with Crippen LogP contribution < -0.4 is 0 Å². The normalized spacial score (nSPS) is 23.8. The number of hydrogen-bond acceptors (Lipinski definition) is 2. The van der Waals surface area contributed by atoms with Gasteiger partial charge in [0.2, 0.25) is 0 Å². The van der Waals surface area contributed by atoms with Crippen LogP contribution in [0.2, 0.25) is 5.02 Å². The molecule has 3 heteroatoms. The third-order valence-corrected chi connectivity index (χ3v) is 7.38. The summed E-state index contributed by atoms with van der Waals surface area (Å²) in [5.74, 6) is 0. The van der Waals surface area contributed by atoms with Crippen LogP contribution >= 0.6 is 11.6 Å². The molecule has 2 unspecified atom stereocenters. The SMILES string of the molecule is Clc1cccc(C(OC2C[C@H]3CC[C@@H](C2)N3CCCc2ccccc2)c2ccccc2)c1. The molecule has 2 bridgehead atoms. The van der Waals surface area contributed by atoms with Gasteiger partial charge >= 0.3 is 0 Å². The largest absolute Gasteiger partial charge is 0.365 e. The third-order valence-electron chi connectivity index (χ3n) is 7.15. The van der Waals surface area contributed by atoms with Gasteiger partial charge in [-0.1, -0.05) is 84.4 Å². The zero-order chi connectivity index (χ0) is 21.8. The molecule has 2 aliphatic heterocycles. The van der Waals surface area contributed by atoms with Crippen molar-refractivity contribution in [2.24, 2.45) is 0 Å². The molecule has 2 fully saturated rings. The number of hydrogen-bond donors (Lipinski definition) is 0. The monoisotopic (exact) mass is 445 g/mol. The lowest BCUT2D eigenvalue weighted by Gasteiger charge is -2.40. The molecule has 0 spiro atoms. The highest BCUT2D eigenvalue weighted by Gasteiger charge is 2.41. The summed E-state index contributed by atoms with van der Waals surface area (Å²) in [5.41, 5.74) is 3.79. The second-order valence-electron chi connectivity index (χ2n) is 9.29. The molecule has 0 N–H and O–H groups in total. The maximum Gasteiger partial charge on any atom is 0.108 e. The van der Waals surface area contributed by atoms with E-state index in [1.54, 1.807) is 0 Å². The molecule has 2 aliphatic rings. The minimum atomic E-state index is -0.0658. The Morgan fingerprint density at radius 2 is 1.47 bits per heavy atom. The van der Waals surface area contributed by atoms with E-state index in [9.17, 15) is 0 Å². The molecule has 4 atom stereocenters. The van der Waals surface area contributed by atoms with Crippen LogP contribution in [0.1, 0.15) is 54.9 Å². The zero-order valence-electron chi connectivity index (χ0n) is 18.6. The first-order chi connectivity index (χ1) is 15.8. The topological polar surface area (TPSA) is 12.5 Å². The van der Waals surface area contributed by atoms with Gasteiger partial charge < -0.3 is 4.74 Å². The molecule has 166 valence electrons. The molecular formula is C29H32ClNO. The number of aryl methyl sites for hydroxylation is 1. The Morgan fingerprint density at radius 1 is 0.812 bits per heavy atom. The van der Waals surface area contributed by atoms with E-state index in [0.717, 1.165) is 23.4 Å². The first kappa shape index (κ1) is 21.7. The van der Waals surface area contributed by atoms with E-state index in [1.807, 2.05) is 18.2 Å². The molecule has 0 amide bonds. The maximum atomic E-state index is 6.84. The lowest BCUT2D eigenvalue weighted by Crippen LogP contribution is -2.46. The van der Waals surface area contributed by atoms with Crippen LogP contribution in [0.15, 0.2) is 84.9 Å². The van der Waals surface area contributed by atoms with Crippen molar-refractivity contribution in [3.8, 4) is 0 Å². The van der Waals surface area contributed by atoms with Crippen LogP contribution in [-0.2, 0) is 11.2 Å². The van der Waals surface area contributed by atoms with Crippen molar-refractivity contribution in [2.75, 3.05) is 6.54 Å². The molecule has 3 aromatic rings. The fraction of sp³-hybridized carbons (Fsp3) is 0.379. The Kier molecular flexibility index (Phi) is 6.92. The van der Waals surface area contributed by atoms with Gasteiger partial charge in [0.1, 0.15) is 6.10 Å². The maximum absolute atomic E-state index is 6.84. The highest BCUT2D eigenvalue weighted by Crippen LogP contribution is 2.40. The number of halogens is 1. The molecule has 32 heavy (non-hydrogen) atoms. The number of nitrogens with zero attached hydrogens (tertiary/aromatic N) is 1. The van der Waals surface area contributed by atoms with Crippen LogP contribution in [0.5, 0.6) is 0 Å². The average Bonchev–Trinajstić information content (AvgIpc) is 3.06. The highest BCUT2D eigenvalue weighted by atomic mass is 35.5. The van der Waals surface area contributed by atoms with Gasteiger partial charge in [0.05, 0.1) is 6.10 Å². The van der Waals surface area contributed by atoms with Gasteiger partial charge in [-0.3, -0.25) is 4.90 Å². The Morgan fingerprint density at radius 3 is 2.16 bits per heavy atom. The Hall–Kier alpha value is -2.13. The van der Waals surface area contributed by atoms with E-state index in [-0.39, 0.29) is 6.10 Å². The quantitative estimate of drug-likeness (QED) is 0.367. The zero-order valence-corrected chi connectivity index (χ0v) is 19.3. The summed E-state index contributed by atoms with van der Waals surface area (Å²) in [6.45, 7) is 1.20. The molecule has 3 aromatic carbocycles. The van der Waals surface area contributed by atoms with Crippen LogP contribution in [0.4, 0.5) is 0 Å². The van der Waals surface area contributed by atoms with E-state index in [0.29, 0.717) is 18.2 Å². The van der Waals surface area contributed by atoms with Crippen molar-refractivity contribution in [1.29, 1.82) is 0 Å². The summed E-state index contributed by atoms with van der Waals surface area (Å²) in [5, 5.41) is 0.764. The van der Waals surface area contributed by atoms with Crippen molar-refractivity contribution < 1.29 is 4.74 Å². The van der Waals surface area contributed by atoms with Crippen molar-refractivity contribution in [3.63, 3.8) is 0 Å². The standard InChI is InChI=1S/C29H32ClNO/c30-25-15-7-14-24(19-25)29(23-12-5-2-6-13-23)32-28-20-26-16-17-27(21-28)31(26)18-8-11-22-9-3-1-4-10-22/h1-7,9-10,12-15,19,26-29H,8,11,16-18,20-21H2/t26-,27+,28?,29?. The van der Waals surface area contributed by atoms with Gasteiger partial charge in [-0.2, -0.15) is 0 Å². The second kappa shape index (κ2) is 10.2. The van der Waals surface area contributed by atoms with Crippen molar-refractivity contribution in [2.45, 2.75) is 62.8 Å². The second-order valence-corrected chi connectivity index (χ2v) is 9.72. The number of rotatable bonds is 8. The van der Waals surface area contributed by atoms with Gasteiger partial charge in [-0.05, 0) is 73.9 Å². The first-order valence-corrected chi connectivity index (χ1v) is 12.4. The van der Waals surface area contributed by atoms with Crippen molar-refractivity contribution >= 4 is 11.6 Å². The predicted octanol–water partition coefficient (Wildman–Crippen LogP) is 7.07. The smallest absolute Gasteiger partial charge is 0.108 e. The number of benzene rings is 3. The summed E-state index contributed by atoms with van der Waals surface area (Å²) in [6.07, 6.45) is 7.51. The Labute approximate surface area is 197 Å². The fourth-order valence-electron chi connectivity index (χ4n) is 5.65.